The van der Waals surface area contributed by atoms with Gasteiger partial charge in [0, 0.05) is 18.6 Å². The normalized spacial score (nSPS) is 21.4. The second-order valence-electron chi connectivity index (χ2n) is 7.28. The number of carbonyl (C=O) groups excluding carboxylic acids is 1. The second kappa shape index (κ2) is 13.5. The molecule has 0 spiro atoms. The summed E-state index contributed by atoms with van der Waals surface area (Å²) in [6, 6.07) is 1.04. The highest BCUT2D eigenvalue weighted by atomic mass is 16.4. The van der Waals surface area contributed by atoms with Gasteiger partial charge in [-0.15, -0.1) is 0 Å². The van der Waals surface area contributed by atoms with Crippen LogP contribution in [0.5, 0.6) is 0 Å². The van der Waals surface area contributed by atoms with Gasteiger partial charge in [-0.1, -0.05) is 39.0 Å². The molecule has 0 aromatic carbocycles. The van der Waals surface area contributed by atoms with Gasteiger partial charge >= 0.3 is 11.9 Å². The predicted octanol–water partition coefficient (Wildman–Crippen LogP) is 1.45. The van der Waals surface area contributed by atoms with Crippen LogP contribution in [-0.4, -0.2) is 71.2 Å². The molecule has 8 nitrogen and oxygen atoms in total. The molecule has 1 unspecified atom stereocenters. The molecule has 0 bridgehead atoms. The van der Waals surface area contributed by atoms with Crippen molar-refractivity contribution >= 4 is 17.8 Å². The van der Waals surface area contributed by atoms with Crippen LogP contribution >= 0.6 is 0 Å². The average molecular weight is 386 g/mol. The molecule has 1 saturated heterocycles. The summed E-state index contributed by atoms with van der Waals surface area (Å²) in [4.78, 5) is 32.8. The molecular weight excluding hydrogens is 350 g/mol. The van der Waals surface area contributed by atoms with Crippen LogP contribution in [-0.2, 0) is 14.4 Å². The number of nitrogens with one attached hydrogen (secondary N) is 2. The number of rotatable bonds is 6. The molecule has 2 aliphatic rings. The van der Waals surface area contributed by atoms with Gasteiger partial charge in [0.2, 0.25) is 5.91 Å². The lowest BCUT2D eigenvalue weighted by Crippen LogP contribution is -2.44. The van der Waals surface area contributed by atoms with Gasteiger partial charge in [0.15, 0.2) is 0 Å². The third-order valence-electron chi connectivity index (χ3n) is 5.22. The highest BCUT2D eigenvalue weighted by Gasteiger charge is 2.22. The fourth-order valence-corrected chi connectivity index (χ4v) is 3.77. The SMILES string of the molecule is CCN1CCCC1CNCC(=O)NC1CCCCCCC1.O=C(O)C(=O)O. The molecule has 1 heterocycles. The molecule has 27 heavy (non-hydrogen) atoms. The number of hydrogen-bond donors (Lipinski definition) is 4. The zero-order valence-corrected chi connectivity index (χ0v) is 16.4. The smallest absolute Gasteiger partial charge is 0.414 e. The van der Waals surface area contributed by atoms with Gasteiger partial charge in [0.05, 0.1) is 6.54 Å². The number of likely N-dealkylation sites (tertiary alicyclic amines) is 1. The zero-order chi connectivity index (χ0) is 20.1. The molecule has 0 aromatic rings. The maximum atomic E-state index is 12.0. The number of carboxylic acids is 2. The van der Waals surface area contributed by atoms with Crippen molar-refractivity contribution in [2.45, 2.75) is 76.8 Å². The third kappa shape index (κ3) is 10.3. The average Bonchev–Trinajstić information content (AvgIpc) is 3.05. The first-order valence-electron chi connectivity index (χ1n) is 10.1. The van der Waals surface area contributed by atoms with Crippen molar-refractivity contribution in [2.24, 2.45) is 0 Å². The number of likely N-dealkylation sites (N-methyl/N-ethyl adjacent to an activating group) is 1. The highest BCUT2D eigenvalue weighted by molar-refractivity contribution is 6.27. The highest BCUT2D eigenvalue weighted by Crippen LogP contribution is 2.17. The quantitative estimate of drug-likeness (QED) is 0.511. The second-order valence-corrected chi connectivity index (χ2v) is 7.28. The Balaban J connectivity index is 0.000000527. The summed E-state index contributed by atoms with van der Waals surface area (Å²) in [5.41, 5.74) is 0. The van der Waals surface area contributed by atoms with Gasteiger partial charge in [0.1, 0.15) is 0 Å². The number of amides is 1. The van der Waals surface area contributed by atoms with Crippen molar-refractivity contribution in [3.05, 3.63) is 0 Å². The lowest BCUT2D eigenvalue weighted by molar-refractivity contribution is -0.159. The van der Waals surface area contributed by atoms with Crippen molar-refractivity contribution in [3.8, 4) is 0 Å². The lowest BCUT2D eigenvalue weighted by atomic mass is 9.97. The molecule has 156 valence electrons. The molecule has 8 heteroatoms. The van der Waals surface area contributed by atoms with Crippen LogP contribution in [0.15, 0.2) is 0 Å². The standard InChI is InChI=1S/C17H33N3O.C2H2O4/c1-2-20-12-8-11-16(20)13-18-14-17(21)19-15-9-6-4-3-5-7-10-15;3-1(4)2(5)6/h15-16,18H,2-14H2,1H3,(H,19,21);(H,3,4)(H,5,6). The van der Waals surface area contributed by atoms with E-state index in [-0.39, 0.29) is 5.91 Å². The summed E-state index contributed by atoms with van der Waals surface area (Å²) >= 11 is 0. The molecule has 1 amide bonds. The first-order valence-corrected chi connectivity index (χ1v) is 10.1. The van der Waals surface area contributed by atoms with Crippen LogP contribution in [0.25, 0.3) is 0 Å². The Morgan fingerprint density at radius 2 is 1.52 bits per heavy atom. The van der Waals surface area contributed by atoms with Crippen LogP contribution in [0.4, 0.5) is 0 Å². The van der Waals surface area contributed by atoms with E-state index in [4.69, 9.17) is 19.8 Å². The summed E-state index contributed by atoms with van der Waals surface area (Å²) in [5, 5.41) is 21.4. The first kappa shape index (κ1) is 23.4. The molecule has 0 radical (unpaired) electrons. The van der Waals surface area contributed by atoms with Gasteiger partial charge < -0.3 is 20.8 Å². The molecular formula is C19H35N3O5. The van der Waals surface area contributed by atoms with Crippen molar-refractivity contribution < 1.29 is 24.6 Å². The van der Waals surface area contributed by atoms with E-state index in [1.165, 1.54) is 51.5 Å². The molecule has 1 aliphatic heterocycles. The van der Waals surface area contributed by atoms with Crippen LogP contribution in [0.1, 0.15) is 64.7 Å². The Bertz CT molecular complexity index is 452. The van der Waals surface area contributed by atoms with E-state index in [9.17, 15) is 4.79 Å². The van der Waals surface area contributed by atoms with Crippen LogP contribution < -0.4 is 10.6 Å². The molecule has 1 saturated carbocycles. The Morgan fingerprint density at radius 3 is 2.07 bits per heavy atom. The van der Waals surface area contributed by atoms with E-state index < -0.39 is 11.9 Å². The van der Waals surface area contributed by atoms with Crippen molar-refractivity contribution in [2.75, 3.05) is 26.2 Å². The molecule has 1 atom stereocenters. The summed E-state index contributed by atoms with van der Waals surface area (Å²) < 4.78 is 0. The minimum atomic E-state index is -1.82. The Labute approximate surface area is 161 Å². The molecule has 4 N–H and O–H groups in total. The monoisotopic (exact) mass is 385 g/mol. The first-order chi connectivity index (χ1) is 12.9. The van der Waals surface area contributed by atoms with Crippen molar-refractivity contribution in [1.82, 2.24) is 15.5 Å². The van der Waals surface area contributed by atoms with E-state index in [0.29, 0.717) is 18.6 Å². The number of hydrogen-bond acceptors (Lipinski definition) is 5. The topological polar surface area (TPSA) is 119 Å². The number of aliphatic carboxylic acids is 2. The number of carboxylic acid groups (broad SMARTS) is 2. The summed E-state index contributed by atoms with van der Waals surface area (Å²) in [7, 11) is 0. The maximum absolute atomic E-state index is 12.0. The van der Waals surface area contributed by atoms with E-state index in [2.05, 4.69) is 22.5 Å². The summed E-state index contributed by atoms with van der Waals surface area (Å²) in [5.74, 6) is -3.47. The Hall–Kier alpha value is -1.67. The van der Waals surface area contributed by atoms with Gasteiger partial charge in [-0.2, -0.15) is 0 Å². The third-order valence-corrected chi connectivity index (χ3v) is 5.22. The van der Waals surface area contributed by atoms with Gasteiger partial charge in [0.25, 0.3) is 0 Å². The van der Waals surface area contributed by atoms with E-state index in [1.54, 1.807) is 0 Å². The minimum absolute atomic E-state index is 0.182. The Kier molecular flexibility index (Phi) is 11.7. The lowest BCUT2D eigenvalue weighted by Gasteiger charge is -2.24. The molecule has 1 aliphatic carbocycles. The van der Waals surface area contributed by atoms with Crippen molar-refractivity contribution in [1.29, 1.82) is 0 Å². The maximum Gasteiger partial charge on any atom is 0.414 e. The molecule has 2 rings (SSSR count). The van der Waals surface area contributed by atoms with E-state index >= 15 is 0 Å². The molecule has 0 aromatic heterocycles. The van der Waals surface area contributed by atoms with Crippen LogP contribution in [0, 0.1) is 0 Å². The fraction of sp³-hybridized carbons (Fsp3) is 0.842. The Morgan fingerprint density at radius 1 is 0.926 bits per heavy atom. The fourth-order valence-electron chi connectivity index (χ4n) is 3.77. The zero-order valence-electron chi connectivity index (χ0n) is 16.4. The molecule has 2 fully saturated rings. The number of carbonyl (C=O) groups is 3. The van der Waals surface area contributed by atoms with Gasteiger partial charge in [-0.25, -0.2) is 9.59 Å². The minimum Gasteiger partial charge on any atom is -0.473 e. The van der Waals surface area contributed by atoms with Gasteiger partial charge in [-0.3, -0.25) is 9.69 Å². The van der Waals surface area contributed by atoms with Crippen LogP contribution in [0.3, 0.4) is 0 Å². The van der Waals surface area contributed by atoms with E-state index in [1.807, 2.05) is 0 Å². The van der Waals surface area contributed by atoms with E-state index in [0.717, 1.165) is 25.9 Å². The van der Waals surface area contributed by atoms with Crippen molar-refractivity contribution in [3.63, 3.8) is 0 Å². The van der Waals surface area contributed by atoms with Gasteiger partial charge in [-0.05, 0) is 38.8 Å². The number of nitrogens with zero attached hydrogens (tertiary/aromatic N) is 1. The van der Waals surface area contributed by atoms with Crippen LogP contribution in [0.2, 0.25) is 0 Å². The largest absolute Gasteiger partial charge is 0.473 e. The summed E-state index contributed by atoms with van der Waals surface area (Å²) in [6.45, 7) is 5.99. The predicted molar refractivity (Wildman–Crippen MR) is 103 cm³/mol. The summed E-state index contributed by atoms with van der Waals surface area (Å²) in [6.07, 6.45) is 11.5.